The van der Waals surface area contributed by atoms with Crippen molar-refractivity contribution >= 4 is 34.2 Å². The number of aromatic hydroxyl groups is 1. The molecule has 0 saturated carbocycles. The number of rotatable bonds is 4. The van der Waals surface area contributed by atoms with Gasteiger partial charge in [-0.3, -0.25) is 14.5 Å². The topological polar surface area (TPSA) is 80.0 Å². The first-order valence-corrected chi connectivity index (χ1v) is 11.7. The van der Waals surface area contributed by atoms with Crippen LogP contribution in [0.25, 0.3) is 11.0 Å². The third-order valence-electron chi connectivity index (χ3n) is 6.52. The molecular weight excluding hydrogens is 466 g/mol. The molecule has 35 heavy (non-hydrogen) atoms. The molecule has 0 aliphatic carbocycles. The van der Waals surface area contributed by atoms with E-state index in [-0.39, 0.29) is 28.3 Å². The smallest absolute Gasteiger partial charge is 0.295 e. The molecule has 1 aliphatic rings. The molecule has 1 N–H and O–H groups in total. The van der Waals surface area contributed by atoms with Gasteiger partial charge in [0.25, 0.3) is 5.91 Å². The van der Waals surface area contributed by atoms with Crippen molar-refractivity contribution < 1.29 is 19.1 Å². The van der Waals surface area contributed by atoms with Crippen molar-refractivity contribution in [2.75, 3.05) is 11.5 Å². The van der Waals surface area contributed by atoms with Gasteiger partial charge in [-0.1, -0.05) is 23.7 Å². The monoisotopic (exact) mass is 489 g/mol. The number of ether oxygens (including phenoxy) is 1. The number of carbonyl (C=O) groups excluding carboxylic acids is 1. The fraction of sp³-hybridized carbons (Fsp3) is 0.214. The first kappa shape index (κ1) is 23.0. The normalized spacial score (nSPS) is 15.1. The van der Waals surface area contributed by atoms with Gasteiger partial charge in [0.15, 0.2) is 16.9 Å². The minimum Gasteiger partial charge on any atom is -0.504 e. The van der Waals surface area contributed by atoms with E-state index in [2.05, 4.69) is 0 Å². The number of hydrogen-bond acceptors (Lipinski definition) is 5. The summed E-state index contributed by atoms with van der Waals surface area (Å²) in [5, 5.41) is 11.2. The van der Waals surface area contributed by atoms with Gasteiger partial charge in [0, 0.05) is 10.7 Å². The summed E-state index contributed by atoms with van der Waals surface area (Å²) in [7, 11) is 0. The summed E-state index contributed by atoms with van der Waals surface area (Å²) in [6, 6.07) is 12.9. The number of phenols is 1. The fourth-order valence-corrected chi connectivity index (χ4v) is 4.69. The Hall–Kier alpha value is -3.77. The van der Waals surface area contributed by atoms with Crippen LogP contribution in [0.5, 0.6) is 11.5 Å². The Balaban J connectivity index is 1.82. The number of hydrogen-bond donors (Lipinski definition) is 1. The van der Waals surface area contributed by atoms with Crippen LogP contribution in [0.2, 0.25) is 5.02 Å². The Morgan fingerprint density at radius 2 is 1.74 bits per heavy atom. The quantitative estimate of drug-likeness (QED) is 0.368. The Morgan fingerprint density at radius 3 is 2.46 bits per heavy atom. The van der Waals surface area contributed by atoms with Crippen LogP contribution in [-0.4, -0.2) is 17.6 Å². The number of benzene rings is 3. The summed E-state index contributed by atoms with van der Waals surface area (Å²) in [5.41, 5.74) is 4.26. The molecule has 1 amide bonds. The predicted octanol–water partition coefficient (Wildman–Crippen LogP) is 6.23. The van der Waals surface area contributed by atoms with E-state index in [9.17, 15) is 14.7 Å². The van der Waals surface area contributed by atoms with Gasteiger partial charge < -0.3 is 14.3 Å². The summed E-state index contributed by atoms with van der Waals surface area (Å²) in [6.45, 7) is 7.89. The molecule has 1 atom stereocenters. The highest BCUT2D eigenvalue weighted by Gasteiger charge is 2.44. The van der Waals surface area contributed by atoms with E-state index in [0.29, 0.717) is 33.8 Å². The lowest BCUT2D eigenvalue weighted by atomic mass is 9.97. The molecule has 1 aliphatic heterocycles. The number of carbonyl (C=O) groups is 1. The van der Waals surface area contributed by atoms with Crippen LogP contribution in [0.1, 0.15) is 51.3 Å². The lowest BCUT2D eigenvalue weighted by molar-refractivity contribution is 0.0971. The second-order valence-corrected chi connectivity index (χ2v) is 9.19. The van der Waals surface area contributed by atoms with Crippen molar-refractivity contribution in [3.8, 4) is 11.5 Å². The molecule has 178 valence electrons. The Labute approximate surface area is 207 Å². The summed E-state index contributed by atoms with van der Waals surface area (Å²) >= 11 is 6.41. The van der Waals surface area contributed by atoms with Crippen LogP contribution in [0.3, 0.4) is 0 Å². The average molecular weight is 490 g/mol. The number of nitrogens with zero attached hydrogens (tertiary/aromatic N) is 1. The van der Waals surface area contributed by atoms with Crippen LogP contribution < -0.4 is 15.1 Å². The molecular formula is C28H24ClNO5. The van der Waals surface area contributed by atoms with Gasteiger partial charge in [-0.15, -0.1) is 0 Å². The zero-order valence-electron chi connectivity index (χ0n) is 19.8. The second kappa shape index (κ2) is 8.47. The lowest BCUT2D eigenvalue weighted by Crippen LogP contribution is -2.29. The van der Waals surface area contributed by atoms with Gasteiger partial charge in [-0.25, -0.2) is 0 Å². The molecule has 0 radical (unpaired) electrons. The van der Waals surface area contributed by atoms with Crippen LogP contribution in [0.4, 0.5) is 5.69 Å². The number of anilines is 1. The highest BCUT2D eigenvalue weighted by molar-refractivity contribution is 6.31. The highest BCUT2D eigenvalue weighted by Crippen LogP contribution is 2.44. The number of fused-ring (bicyclic) bond motifs is 2. The molecule has 0 bridgehead atoms. The third-order valence-corrected chi connectivity index (χ3v) is 6.93. The molecule has 6 nitrogen and oxygen atoms in total. The molecule has 1 unspecified atom stereocenters. The zero-order chi connectivity index (χ0) is 25.0. The molecule has 2 heterocycles. The molecule has 3 aromatic carbocycles. The first-order chi connectivity index (χ1) is 16.7. The van der Waals surface area contributed by atoms with Gasteiger partial charge in [0.05, 0.1) is 23.6 Å². The van der Waals surface area contributed by atoms with E-state index in [1.165, 1.54) is 11.0 Å². The van der Waals surface area contributed by atoms with Gasteiger partial charge in [0.1, 0.15) is 5.58 Å². The number of amides is 1. The average Bonchev–Trinajstić information content (AvgIpc) is 3.11. The largest absolute Gasteiger partial charge is 0.504 e. The summed E-state index contributed by atoms with van der Waals surface area (Å²) in [4.78, 5) is 29.1. The Kier molecular flexibility index (Phi) is 5.56. The molecule has 1 aromatic heterocycles. The Morgan fingerprint density at radius 1 is 1.00 bits per heavy atom. The second-order valence-electron chi connectivity index (χ2n) is 8.78. The summed E-state index contributed by atoms with van der Waals surface area (Å²) < 4.78 is 11.7. The van der Waals surface area contributed by atoms with E-state index >= 15 is 0 Å². The molecule has 0 spiro atoms. The van der Waals surface area contributed by atoms with Crippen molar-refractivity contribution in [2.45, 2.75) is 33.7 Å². The summed E-state index contributed by atoms with van der Waals surface area (Å²) in [6.07, 6.45) is 0. The number of halogens is 1. The maximum Gasteiger partial charge on any atom is 0.295 e. The van der Waals surface area contributed by atoms with Gasteiger partial charge in [0.2, 0.25) is 5.76 Å². The number of phenolic OH excluding ortho intramolecular Hbond substituents is 1. The van der Waals surface area contributed by atoms with Gasteiger partial charge in [-0.2, -0.15) is 0 Å². The minimum absolute atomic E-state index is 0.00140. The molecule has 4 aromatic rings. The maximum atomic E-state index is 13.8. The van der Waals surface area contributed by atoms with Crippen LogP contribution in [0.15, 0.2) is 57.7 Å². The SMILES string of the molecule is CCOc1cc(C2c3c(oc4cc(C)c(C)cc4c3=O)C(=O)N2c2ccc(C)c(Cl)c2)ccc1O. The van der Waals surface area contributed by atoms with Gasteiger partial charge >= 0.3 is 0 Å². The lowest BCUT2D eigenvalue weighted by Gasteiger charge is -2.26. The van der Waals surface area contributed by atoms with Crippen molar-refractivity contribution in [3.05, 3.63) is 97.4 Å². The van der Waals surface area contributed by atoms with Crippen LogP contribution >= 0.6 is 11.6 Å². The standard InChI is InChI=1S/C28H24ClNO5/c1-5-34-23-12-17(7-9-21(23)31)25-24-26(32)19-10-15(3)16(4)11-22(19)35-27(24)28(33)30(25)18-8-6-14(2)20(29)13-18/h6-13,25,31H,5H2,1-4H3. The van der Waals surface area contributed by atoms with E-state index in [4.69, 9.17) is 20.8 Å². The zero-order valence-corrected chi connectivity index (χ0v) is 20.6. The Bertz CT molecular complexity index is 1570. The van der Waals surface area contributed by atoms with E-state index in [1.807, 2.05) is 33.8 Å². The summed E-state index contributed by atoms with van der Waals surface area (Å²) in [5.74, 6) is -0.196. The van der Waals surface area contributed by atoms with E-state index < -0.39 is 11.9 Å². The molecule has 0 fully saturated rings. The van der Waals surface area contributed by atoms with E-state index in [0.717, 1.165) is 16.7 Å². The molecule has 7 heteroatoms. The van der Waals surface area contributed by atoms with Crippen molar-refractivity contribution in [3.63, 3.8) is 0 Å². The van der Waals surface area contributed by atoms with Crippen molar-refractivity contribution in [2.24, 2.45) is 0 Å². The molecule has 5 rings (SSSR count). The van der Waals surface area contributed by atoms with E-state index in [1.54, 1.807) is 36.4 Å². The van der Waals surface area contributed by atoms with Crippen molar-refractivity contribution in [1.29, 1.82) is 0 Å². The molecule has 0 saturated heterocycles. The van der Waals surface area contributed by atoms with Crippen LogP contribution in [0, 0.1) is 20.8 Å². The minimum atomic E-state index is -0.793. The van der Waals surface area contributed by atoms with Crippen molar-refractivity contribution in [1.82, 2.24) is 0 Å². The predicted molar refractivity (Wildman–Crippen MR) is 136 cm³/mol. The third kappa shape index (κ3) is 3.65. The van der Waals surface area contributed by atoms with Gasteiger partial charge in [-0.05, 0) is 86.3 Å². The number of aryl methyl sites for hydroxylation is 3. The van der Waals surface area contributed by atoms with Crippen LogP contribution in [-0.2, 0) is 0 Å². The maximum absolute atomic E-state index is 13.8. The fourth-order valence-electron chi connectivity index (χ4n) is 4.51. The highest BCUT2D eigenvalue weighted by atomic mass is 35.5. The first-order valence-electron chi connectivity index (χ1n) is 11.3.